The number of para-hydroxylation sites is 1. The summed E-state index contributed by atoms with van der Waals surface area (Å²) in [6.07, 6.45) is 7.49. The topological polar surface area (TPSA) is 59.1 Å². The van der Waals surface area contributed by atoms with Crippen molar-refractivity contribution in [1.29, 1.82) is 5.41 Å². The van der Waals surface area contributed by atoms with Crippen molar-refractivity contribution in [2.24, 2.45) is 5.73 Å². The van der Waals surface area contributed by atoms with E-state index >= 15 is 0 Å². The van der Waals surface area contributed by atoms with Crippen molar-refractivity contribution in [1.82, 2.24) is 0 Å². The number of nitrogen functional groups attached to an aromatic ring is 1. The first-order valence-electron chi connectivity index (χ1n) is 6.82. The summed E-state index contributed by atoms with van der Waals surface area (Å²) in [5.41, 5.74) is 6.19. The van der Waals surface area contributed by atoms with Gasteiger partial charge in [0.2, 0.25) is 0 Å². The molecule has 3 N–H and O–H groups in total. The fourth-order valence-electron chi connectivity index (χ4n) is 1.88. The van der Waals surface area contributed by atoms with E-state index in [4.69, 9.17) is 15.9 Å². The average Bonchev–Trinajstić information content (AvgIpc) is 2.38. The summed E-state index contributed by atoms with van der Waals surface area (Å²) in [7, 11) is 0. The lowest BCUT2D eigenvalue weighted by Crippen LogP contribution is -2.13. The van der Waals surface area contributed by atoms with Gasteiger partial charge < -0.3 is 10.5 Å². The van der Waals surface area contributed by atoms with Crippen LogP contribution in [0.1, 0.15) is 51.0 Å². The minimum absolute atomic E-state index is 0.0635. The summed E-state index contributed by atoms with van der Waals surface area (Å²) in [6, 6.07) is 7.46. The van der Waals surface area contributed by atoms with Crippen molar-refractivity contribution in [3.05, 3.63) is 29.8 Å². The second-order valence-corrected chi connectivity index (χ2v) is 4.53. The SMILES string of the molecule is CCCCCCCCOc1ccccc1C(=N)N. The van der Waals surface area contributed by atoms with Gasteiger partial charge in [-0.3, -0.25) is 5.41 Å². The zero-order valence-electron chi connectivity index (χ0n) is 11.2. The smallest absolute Gasteiger partial charge is 0.130 e. The van der Waals surface area contributed by atoms with Gasteiger partial charge in [-0.1, -0.05) is 51.2 Å². The molecular weight excluding hydrogens is 224 g/mol. The summed E-state index contributed by atoms with van der Waals surface area (Å²) < 4.78 is 5.68. The number of rotatable bonds is 9. The van der Waals surface area contributed by atoms with Crippen LogP contribution in [0.5, 0.6) is 5.75 Å². The molecule has 0 amide bonds. The maximum atomic E-state index is 7.47. The molecule has 0 atom stereocenters. The molecule has 0 unspecified atom stereocenters. The number of benzene rings is 1. The van der Waals surface area contributed by atoms with Crippen LogP contribution < -0.4 is 10.5 Å². The van der Waals surface area contributed by atoms with E-state index in [9.17, 15) is 0 Å². The normalized spacial score (nSPS) is 10.3. The first-order valence-corrected chi connectivity index (χ1v) is 6.82. The van der Waals surface area contributed by atoms with Crippen molar-refractivity contribution in [3.8, 4) is 5.75 Å². The van der Waals surface area contributed by atoms with E-state index in [2.05, 4.69) is 6.92 Å². The van der Waals surface area contributed by atoms with E-state index in [-0.39, 0.29) is 5.84 Å². The van der Waals surface area contributed by atoms with Crippen LogP contribution in [0, 0.1) is 5.41 Å². The molecule has 3 nitrogen and oxygen atoms in total. The molecule has 1 rings (SSSR count). The van der Waals surface area contributed by atoms with E-state index < -0.39 is 0 Å². The van der Waals surface area contributed by atoms with E-state index in [1.165, 1.54) is 32.1 Å². The Kier molecular flexibility index (Phi) is 6.92. The Morgan fingerprint density at radius 1 is 1.11 bits per heavy atom. The Balaban J connectivity index is 2.25. The van der Waals surface area contributed by atoms with Crippen LogP contribution in [0.25, 0.3) is 0 Å². The fourth-order valence-corrected chi connectivity index (χ4v) is 1.88. The van der Waals surface area contributed by atoms with Crippen LogP contribution in [0.4, 0.5) is 0 Å². The molecule has 1 aromatic rings. The Bertz CT molecular complexity index is 363. The number of hydrogen-bond acceptors (Lipinski definition) is 2. The summed E-state index contributed by atoms with van der Waals surface area (Å²) in [5, 5.41) is 7.47. The summed E-state index contributed by atoms with van der Waals surface area (Å²) in [4.78, 5) is 0. The Hall–Kier alpha value is -1.51. The van der Waals surface area contributed by atoms with Crippen LogP contribution in [0.15, 0.2) is 24.3 Å². The lowest BCUT2D eigenvalue weighted by atomic mass is 10.1. The summed E-state index contributed by atoms with van der Waals surface area (Å²) in [6.45, 7) is 2.93. The molecular formula is C15H24N2O. The van der Waals surface area contributed by atoms with Crippen LogP contribution >= 0.6 is 0 Å². The van der Waals surface area contributed by atoms with Crippen molar-refractivity contribution < 1.29 is 4.74 Å². The lowest BCUT2D eigenvalue weighted by molar-refractivity contribution is 0.304. The van der Waals surface area contributed by atoms with Gasteiger partial charge in [0.05, 0.1) is 12.2 Å². The van der Waals surface area contributed by atoms with E-state index in [1.54, 1.807) is 0 Å². The highest BCUT2D eigenvalue weighted by Gasteiger charge is 2.04. The van der Waals surface area contributed by atoms with E-state index in [1.807, 2.05) is 24.3 Å². The third kappa shape index (κ3) is 5.21. The van der Waals surface area contributed by atoms with Crippen molar-refractivity contribution in [2.45, 2.75) is 45.4 Å². The second-order valence-electron chi connectivity index (χ2n) is 4.53. The number of unbranched alkanes of at least 4 members (excludes halogenated alkanes) is 5. The van der Waals surface area contributed by atoms with Crippen LogP contribution in [0.3, 0.4) is 0 Å². The maximum absolute atomic E-state index is 7.47. The van der Waals surface area contributed by atoms with Gasteiger partial charge in [-0.25, -0.2) is 0 Å². The summed E-state index contributed by atoms with van der Waals surface area (Å²) >= 11 is 0. The van der Waals surface area contributed by atoms with Gasteiger partial charge in [0.25, 0.3) is 0 Å². The van der Waals surface area contributed by atoms with Crippen molar-refractivity contribution >= 4 is 5.84 Å². The molecule has 3 heteroatoms. The number of hydrogen-bond donors (Lipinski definition) is 2. The second kappa shape index (κ2) is 8.56. The molecule has 0 saturated carbocycles. The highest BCUT2D eigenvalue weighted by molar-refractivity contribution is 5.97. The van der Waals surface area contributed by atoms with Crippen molar-refractivity contribution in [2.75, 3.05) is 6.61 Å². The van der Waals surface area contributed by atoms with Gasteiger partial charge in [-0.2, -0.15) is 0 Å². The highest BCUT2D eigenvalue weighted by atomic mass is 16.5. The molecule has 0 heterocycles. The maximum Gasteiger partial charge on any atom is 0.130 e. The molecule has 0 radical (unpaired) electrons. The minimum Gasteiger partial charge on any atom is -0.493 e. The number of nitrogens with one attached hydrogen (secondary N) is 1. The van der Waals surface area contributed by atoms with Crippen molar-refractivity contribution in [3.63, 3.8) is 0 Å². The lowest BCUT2D eigenvalue weighted by Gasteiger charge is -2.10. The van der Waals surface area contributed by atoms with Gasteiger partial charge >= 0.3 is 0 Å². The molecule has 1 aromatic carbocycles. The molecule has 18 heavy (non-hydrogen) atoms. The molecule has 0 aliphatic rings. The van der Waals surface area contributed by atoms with Gasteiger partial charge in [0.1, 0.15) is 11.6 Å². The molecule has 0 saturated heterocycles. The summed E-state index contributed by atoms with van der Waals surface area (Å²) in [5.74, 6) is 0.784. The molecule has 0 bridgehead atoms. The number of nitrogens with two attached hydrogens (primary N) is 1. The van der Waals surface area contributed by atoms with Gasteiger partial charge in [0, 0.05) is 0 Å². The fraction of sp³-hybridized carbons (Fsp3) is 0.533. The standard InChI is InChI=1S/C15H24N2O/c1-2-3-4-5-6-9-12-18-14-11-8-7-10-13(14)15(16)17/h7-8,10-11H,2-6,9,12H2,1H3,(H3,16,17). The molecule has 0 aromatic heterocycles. The Morgan fingerprint density at radius 2 is 1.78 bits per heavy atom. The third-order valence-corrected chi connectivity index (χ3v) is 2.93. The van der Waals surface area contributed by atoms with Gasteiger partial charge in [-0.15, -0.1) is 0 Å². The minimum atomic E-state index is 0.0635. The van der Waals surface area contributed by atoms with Crippen LogP contribution in [0.2, 0.25) is 0 Å². The largest absolute Gasteiger partial charge is 0.493 e. The molecule has 0 spiro atoms. The Morgan fingerprint density at radius 3 is 2.50 bits per heavy atom. The zero-order valence-corrected chi connectivity index (χ0v) is 11.2. The molecule has 0 fully saturated rings. The molecule has 100 valence electrons. The predicted octanol–water partition coefficient (Wildman–Crippen LogP) is 3.71. The van der Waals surface area contributed by atoms with Gasteiger partial charge in [0.15, 0.2) is 0 Å². The van der Waals surface area contributed by atoms with E-state index in [0.717, 1.165) is 12.2 Å². The monoisotopic (exact) mass is 248 g/mol. The third-order valence-electron chi connectivity index (χ3n) is 2.93. The van der Waals surface area contributed by atoms with E-state index in [0.29, 0.717) is 12.2 Å². The predicted molar refractivity (Wildman–Crippen MR) is 76.3 cm³/mol. The zero-order chi connectivity index (χ0) is 13.2. The van der Waals surface area contributed by atoms with Crippen LogP contribution in [-0.2, 0) is 0 Å². The first kappa shape index (κ1) is 14.6. The first-order chi connectivity index (χ1) is 8.75. The molecule has 0 aliphatic carbocycles. The quantitative estimate of drug-likeness (QED) is 0.397. The number of ether oxygens (including phenoxy) is 1. The number of amidine groups is 1. The Labute approximate surface area is 110 Å². The van der Waals surface area contributed by atoms with Crippen LogP contribution in [-0.4, -0.2) is 12.4 Å². The highest BCUT2D eigenvalue weighted by Crippen LogP contribution is 2.17. The average molecular weight is 248 g/mol. The molecule has 0 aliphatic heterocycles. The van der Waals surface area contributed by atoms with Gasteiger partial charge in [-0.05, 0) is 18.6 Å².